The molecule has 1 heterocycles. The second-order valence-corrected chi connectivity index (χ2v) is 6.87. The molecule has 21 heavy (non-hydrogen) atoms. The molecule has 120 valence electrons. The van der Waals surface area contributed by atoms with E-state index in [1.165, 1.54) is 12.8 Å². The molecule has 1 unspecified atom stereocenters. The van der Waals surface area contributed by atoms with Crippen LogP contribution in [0.15, 0.2) is 0 Å². The first-order valence-corrected chi connectivity index (χ1v) is 8.08. The Bertz CT molecular complexity index is 463. The van der Waals surface area contributed by atoms with E-state index in [4.69, 9.17) is 9.97 Å². The van der Waals surface area contributed by atoms with Gasteiger partial charge in [0.2, 0.25) is 0 Å². The number of hydrogen-bond donors (Lipinski definition) is 1. The van der Waals surface area contributed by atoms with Gasteiger partial charge in [0.25, 0.3) is 0 Å². The first-order valence-electron chi connectivity index (χ1n) is 8.08. The Morgan fingerprint density at radius 3 is 2.29 bits per heavy atom. The van der Waals surface area contributed by atoms with E-state index in [9.17, 15) is 0 Å². The van der Waals surface area contributed by atoms with Gasteiger partial charge in [-0.2, -0.15) is 0 Å². The molecule has 1 atom stereocenters. The minimum absolute atomic E-state index is 0.0541. The van der Waals surface area contributed by atoms with Gasteiger partial charge in [-0.25, -0.2) is 9.97 Å². The topological polar surface area (TPSA) is 41.1 Å². The van der Waals surface area contributed by atoms with Crippen LogP contribution in [0.4, 0.5) is 11.6 Å². The van der Waals surface area contributed by atoms with Crippen LogP contribution in [0.1, 0.15) is 65.8 Å². The molecular weight excluding hydrogens is 260 g/mol. The summed E-state index contributed by atoms with van der Waals surface area (Å²) >= 11 is 0. The van der Waals surface area contributed by atoms with Crippen LogP contribution in [0.2, 0.25) is 0 Å². The minimum Gasteiger partial charge on any atom is -0.370 e. The molecule has 0 aliphatic heterocycles. The summed E-state index contributed by atoms with van der Waals surface area (Å²) in [6.45, 7) is 16.0. The van der Waals surface area contributed by atoms with Crippen molar-refractivity contribution in [3.05, 3.63) is 11.4 Å². The average molecular weight is 292 g/mol. The van der Waals surface area contributed by atoms with Crippen molar-refractivity contribution in [3.63, 3.8) is 0 Å². The molecule has 0 amide bonds. The molecule has 0 aliphatic carbocycles. The van der Waals surface area contributed by atoms with Crippen molar-refractivity contribution >= 4 is 11.6 Å². The van der Waals surface area contributed by atoms with Crippen LogP contribution in [0.3, 0.4) is 0 Å². The summed E-state index contributed by atoms with van der Waals surface area (Å²) in [7, 11) is 2.14. The second-order valence-electron chi connectivity index (χ2n) is 6.87. The van der Waals surface area contributed by atoms with Crippen molar-refractivity contribution in [1.29, 1.82) is 0 Å². The van der Waals surface area contributed by atoms with Crippen LogP contribution in [-0.2, 0) is 5.41 Å². The molecule has 0 radical (unpaired) electrons. The summed E-state index contributed by atoms with van der Waals surface area (Å²) in [5.41, 5.74) is 1.08. The van der Waals surface area contributed by atoms with Gasteiger partial charge in [0, 0.05) is 30.6 Å². The minimum atomic E-state index is -0.0541. The fourth-order valence-electron chi connectivity index (χ4n) is 2.34. The van der Waals surface area contributed by atoms with E-state index in [2.05, 4.69) is 65.7 Å². The predicted molar refractivity (Wildman–Crippen MR) is 92.4 cm³/mol. The Labute approximate surface area is 130 Å². The Morgan fingerprint density at radius 1 is 1.19 bits per heavy atom. The van der Waals surface area contributed by atoms with E-state index >= 15 is 0 Å². The van der Waals surface area contributed by atoms with Crippen LogP contribution in [0.25, 0.3) is 0 Å². The zero-order valence-electron chi connectivity index (χ0n) is 15.0. The van der Waals surface area contributed by atoms with Gasteiger partial charge in [-0.1, -0.05) is 34.1 Å². The lowest BCUT2D eigenvalue weighted by Gasteiger charge is -2.29. The summed E-state index contributed by atoms with van der Waals surface area (Å²) in [6, 6.07) is 0.478. The summed E-state index contributed by atoms with van der Waals surface area (Å²) in [5.74, 6) is 2.91. The van der Waals surface area contributed by atoms with E-state index in [0.717, 1.165) is 29.6 Å². The maximum atomic E-state index is 4.86. The Hall–Kier alpha value is -1.32. The summed E-state index contributed by atoms with van der Waals surface area (Å²) in [4.78, 5) is 11.9. The number of hydrogen-bond acceptors (Lipinski definition) is 4. The highest BCUT2D eigenvalue weighted by atomic mass is 15.2. The van der Waals surface area contributed by atoms with Crippen molar-refractivity contribution < 1.29 is 0 Å². The van der Waals surface area contributed by atoms with Gasteiger partial charge in [0.15, 0.2) is 0 Å². The second kappa shape index (κ2) is 7.10. The SMILES string of the molecule is CCCC(C)N(C)c1nc(C(C)(C)C)nc(NCC)c1C. The molecule has 4 heteroatoms. The van der Waals surface area contributed by atoms with Crippen LogP contribution in [0.5, 0.6) is 0 Å². The average Bonchev–Trinajstić information content (AvgIpc) is 2.39. The highest BCUT2D eigenvalue weighted by Crippen LogP contribution is 2.29. The quantitative estimate of drug-likeness (QED) is 0.855. The molecule has 1 aromatic rings. The number of aromatic nitrogens is 2. The van der Waals surface area contributed by atoms with Crippen molar-refractivity contribution in [3.8, 4) is 0 Å². The first kappa shape index (κ1) is 17.7. The molecule has 0 fully saturated rings. The maximum absolute atomic E-state index is 4.86. The molecular formula is C17H32N4. The van der Waals surface area contributed by atoms with Gasteiger partial charge in [-0.05, 0) is 27.2 Å². The molecule has 0 aliphatic rings. The van der Waals surface area contributed by atoms with Gasteiger partial charge in [-0.15, -0.1) is 0 Å². The highest BCUT2D eigenvalue weighted by molar-refractivity contribution is 5.59. The predicted octanol–water partition coefficient (Wildman–Crippen LogP) is 4.14. The molecule has 1 N–H and O–H groups in total. The van der Waals surface area contributed by atoms with E-state index < -0.39 is 0 Å². The zero-order chi connectivity index (χ0) is 16.2. The Balaban J connectivity index is 3.32. The van der Waals surface area contributed by atoms with Gasteiger partial charge in [-0.3, -0.25) is 0 Å². The van der Waals surface area contributed by atoms with E-state index in [1.54, 1.807) is 0 Å². The van der Waals surface area contributed by atoms with E-state index in [1.807, 2.05) is 0 Å². The lowest BCUT2D eigenvalue weighted by Crippen LogP contribution is -2.31. The Kier molecular flexibility index (Phi) is 5.99. The smallest absolute Gasteiger partial charge is 0.138 e. The largest absolute Gasteiger partial charge is 0.370 e. The molecule has 0 aromatic carbocycles. The van der Waals surface area contributed by atoms with Crippen LogP contribution >= 0.6 is 0 Å². The van der Waals surface area contributed by atoms with Crippen molar-refractivity contribution in [1.82, 2.24) is 9.97 Å². The summed E-state index contributed by atoms with van der Waals surface area (Å²) in [5, 5.41) is 3.38. The zero-order valence-corrected chi connectivity index (χ0v) is 15.0. The van der Waals surface area contributed by atoms with Crippen molar-refractivity contribution in [2.24, 2.45) is 0 Å². The van der Waals surface area contributed by atoms with Gasteiger partial charge >= 0.3 is 0 Å². The molecule has 4 nitrogen and oxygen atoms in total. The van der Waals surface area contributed by atoms with Crippen molar-refractivity contribution in [2.45, 2.75) is 72.8 Å². The van der Waals surface area contributed by atoms with E-state index in [-0.39, 0.29) is 5.41 Å². The van der Waals surface area contributed by atoms with Gasteiger partial charge < -0.3 is 10.2 Å². The van der Waals surface area contributed by atoms with E-state index in [0.29, 0.717) is 6.04 Å². The third-order valence-corrected chi connectivity index (χ3v) is 3.84. The normalized spacial score (nSPS) is 13.1. The molecule has 1 aromatic heterocycles. The molecule has 0 saturated heterocycles. The summed E-state index contributed by atoms with van der Waals surface area (Å²) in [6.07, 6.45) is 2.35. The van der Waals surface area contributed by atoms with Crippen LogP contribution < -0.4 is 10.2 Å². The third kappa shape index (κ3) is 4.32. The highest BCUT2D eigenvalue weighted by Gasteiger charge is 2.23. The fourth-order valence-corrected chi connectivity index (χ4v) is 2.34. The first-order chi connectivity index (χ1) is 9.72. The lowest BCUT2D eigenvalue weighted by molar-refractivity contribution is 0.540. The molecule has 0 spiro atoms. The van der Waals surface area contributed by atoms with Crippen LogP contribution in [0, 0.1) is 6.92 Å². The maximum Gasteiger partial charge on any atom is 0.138 e. The fraction of sp³-hybridized carbons (Fsp3) is 0.765. The van der Waals surface area contributed by atoms with Crippen molar-refractivity contribution in [2.75, 3.05) is 23.8 Å². The number of rotatable bonds is 6. The standard InChI is InChI=1S/C17H32N4/c1-9-11-12(3)21(8)15-13(4)14(18-10-2)19-16(20-15)17(5,6)7/h12H,9-11H2,1-8H3,(H,18,19,20). The molecule has 0 bridgehead atoms. The monoisotopic (exact) mass is 292 g/mol. The van der Waals surface area contributed by atoms with Crippen LogP contribution in [-0.4, -0.2) is 29.6 Å². The Morgan fingerprint density at radius 2 is 1.81 bits per heavy atom. The number of anilines is 2. The third-order valence-electron chi connectivity index (χ3n) is 3.84. The molecule has 0 saturated carbocycles. The molecule has 1 rings (SSSR count). The van der Waals surface area contributed by atoms with Gasteiger partial charge in [0.1, 0.15) is 17.5 Å². The van der Waals surface area contributed by atoms with Gasteiger partial charge in [0.05, 0.1) is 0 Å². The summed E-state index contributed by atoms with van der Waals surface area (Å²) < 4.78 is 0. The number of nitrogens with one attached hydrogen (secondary N) is 1. The lowest BCUT2D eigenvalue weighted by atomic mass is 9.95. The number of nitrogens with zero attached hydrogens (tertiary/aromatic N) is 3.